The molecule has 7 atom stereocenters. The highest BCUT2D eigenvalue weighted by molar-refractivity contribution is 6.42. The minimum Gasteiger partial charge on any atom is -0.338 e. The quantitative estimate of drug-likeness (QED) is 0.525. The van der Waals surface area contributed by atoms with Gasteiger partial charge < -0.3 is 15.5 Å². The average Bonchev–Trinajstić information content (AvgIpc) is 3.10. The van der Waals surface area contributed by atoms with Crippen LogP contribution >= 0.6 is 23.2 Å². The lowest BCUT2D eigenvalue weighted by atomic mass is 9.48. The van der Waals surface area contributed by atoms with E-state index < -0.39 is 0 Å². The van der Waals surface area contributed by atoms with Crippen molar-refractivity contribution >= 4 is 40.8 Å². The molecular formula is C26H33Cl2N3O2. The summed E-state index contributed by atoms with van der Waals surface area (Å²) in [4.78, 5) is 27.1. The fourth-order valence-electron chi connectivity index (χ4n) is 7.87. The molecule has 3 amide bonds. The largest absolute Gasteiger partial charge is 0.338 e. The second-order valence-corrected chi connectivity index (χ2v) is 11.8. The summed E-state index contributed by atoms with van der Waals surface area (Å²) >= 11 is 12.1. The lowest BCUT2D eigenvalue weighted by molar-refractivity contribution is -0.138. The number of amides is 3. The predicted octanol–water partition coefficient (Wildman–Crippen LogP) is 6.12. The Bertz CT molecular complexity index is 1010. The number of urea groups is 1. The molecular weight excluding hydrogens is 457 g/mol. The third kappa shape index (κ3) is 3.67. The summed E-state index contributed by atoms with van der Waals surface area (Å²) in [6.45, 7) is 4.75. The highest BCUT2D eigenvalue weighted by atomic mass is 35.5. The van der Waals surface area contributed by atoms with Crippen molar-refractivity contribution in [3.8, 4) is 0 Å². The van der Waals surface area contributed by atoms with E-state index in [9.17, 15) is 9.59 Å². The second-order valence-electron chi connectivity index (χ2n) is 11.0. The van der Waals surface area contributed by atoms with Crippen LogP contribution in [0.2, 0.25) is 10.0 Å². The van der Waals surface area contributed by atoms with Gasteiger partial charge in [-0.2, -0.15) is 0 Å². The number of likely N-dealkylation sites (N-methyl/N-ethyl adjacent to an activating group) is 1. The van der Waals surface area contributed by atoms with Gasteiger partial charge in [0, 0.05) is 30.2 Å². The van der Waals surface area contributed by atoms with Crippen LogP contribution < -0.4 is 10.6 Å². The van der Waals surface area contributed by atoms with Crippen molar-refractivity contribution in [2.24, 2.45) is 28.6 Å². The zero-order chi connectivity index (χ0) is 23.5. The van der Waals surface area contributed by atoms with Gasteiger partial charge >= 0.3 is 6.03 Å². The molecule has 1 aromatic carbocycles. The predicted molar refractivity (Wildman–Crippen MR) is 132 cm³/mol. The molecule has 3 unspecified atom stereocenters. The van der Waals surface area contributed by atoms with Crippen molar-refractivity contribution in [2.75, 3.05) is 12.4 Å². The number of halogens is 2. The number of hydrogen-bond donors (Lipinski definition) is 2. The molecule has 3 saturated carbocycles. The summed E-state index contributed by atoms with van der Waals surface area (Å²) in [5.74, 6) is 1.96. The Morgan fingerprint density at radius 2 is 1.85 bits per heavy atom. The van der Waals surface area contributed by atoms with E-state index in [4.69, 9.17) is 23.2 Å². The number of benzene rings is 1. The van der Waals surface area contributed by atoms with E-state index in [-0.39, 0.29) is 28.8 Å². The summed E-state index contributed by atoms with van der Waals surface area (Å²) in [6.07, 6.45) is 10.6. The highest BCUT2D eigenvalue weighted by Gasteiger charge is 2.60. The maximum atomic E-state index is 12.8. The Labute approximate surface area is 206 Å². The van der Waals surface area contributed by atoms with Crippen molar-refractivity contribution in [3.63, 3.8) is 0 Å². The average molecular weight is 490 g/mol. The highest BCUT2D eigenvalue weighted by Crippen LogP contribution is 2.63. The van der Waals surface area contributed by atoms with Gasteiger partial charge in [-0.15, -0.1) is 0 Å². The van der Waals surface area contributed by atoms with Gasteiger partial charge in [-0.05, 0) is 86.0 Å². The maximum Gasteiger partial charge on any atom is 0.319 e. The molecule has 5 nitrogen and oxygen atoms in total. The Hall–Kier alpha value is -1.72. The van der Waals surface area contributed by atoms with Gasteiger partial charge in [-0.3, -0.25) is 4.79 Å². The molecule has 0 radical (unpaired) electrons. The van der Waals surface area contributed by atoms with Crippen LogP contribution in [0.15, 0.2) is 30.4 Å². The zero-order valence-corrected chi connectivity index (χ0v) is 21.0. The molecule has 1 aromatic rings. The van der Waals surface area contributed by atoms with E-state index in [0.717, 1.165) is 32.1 Å². The minimum absolute atomic E-state index is 0.0453. The van der Waals surface area contributed by atoms with E-state index in [1.807, 2.05) is 11.9 Å². The molecule has 1 heterocycles. The summed E-state index contributed by atoms with van der Waals surface area (Å²) in [6, 6.07) is 5.39. The van der Waals surface area contributed by atoms with Crippen molar-refractivity contribution < 1.29 is 9.59 Å². The van der Waals surface area contributed by atoms with E-state index >= 15 is 0 Å². The smallest absolute Gasteiger partial charge is 0.319 e. The monoisotopic (exact) mass is 489 g/mol. The molecule has 3 fully saturated rings. The van der Waals surface area contributed by atoms with Crippen LogP contribution in [0.5, 0.6) is 0 Å². The van der Waals surface area contributed by atoms with Gasteiger partial charge in [0.15, 0.2) is 0 Å². The van der Waals surface area contributed by atoms with Gasteiger partial charge in [0.2, 0.25) is 5.91 Å². The molecule has 4 aliphatic rings. The Kier molecular flexibility index (Phi) is 5.72. The van der Waals surface area contributed by atoms with Crippen molar-refractivity contribution in [1.82, 2.24) is 10.2 Å². The van der Waals surface area contributed by atoms with Gasteiger partial charge in [0.25, 0.3) is 0 Å². The molecule has 5 rings (SSSR count). The number of hydrogen-bond acceptors (Lipinski definition) is 2. The first-order chi connectivity index (χ1) is 15.6. The number of anilines is 1. The normalized spacial score (nSPS) is 39.5. The van der Waals surface area contributed by atoms with Crippen molar-refractivity contribution in [1.29, 1.82) is 0 Å². The van der Waals surface area contributed by atoms with Crippen LogP contribution in [-0.2, 0) is 4.79 Å². The molecule has 3 aliphatic carbocycles. The third-order valence-electron chi connectivity index (χ3n) is 9.61. The van der Waals surface area contributed by atoms with Gasteiger partial charge in [0.1, 0.15) is 0 Å². The molecule has 178 valence electrons. The molecule has 1 aliphatic heterocycles. The van der Waals surface area contributed by atoms with Gasteiger partial charge in [-0.1, -0.05) is 43.1 Å². The van der Waals surface area contributed by atoms with Crippen LogP contribution in [0.1, 0.15) is 52.4 Å². The van der Waals surface area contributed by atoms with Crippen molar-refractivity contribution in [2.45, 2.75) is 64.5 Å². The molecule has 0 bridgehead atoms. The zero-order valence-electron chi connectivity index (χ0n) is 19.5. The molecule has 7 heteroatoms. The topological polar surface area (TPSA) is 61.4 Å². The molecule has 0 saturated heterocycles. The summed E-state index contributed by atoms with van der Waals surface area (Å²) in [7, 11) is 1.96. The van der Waals surface area contributed by atoms with E-state index in [0.29, 0.717) is 39.5 Å². The van der Waals surface area contributed by atoms with Crippen LogP contribution in [0, 0.1) is 28.6 Å². The fourth-order valence-corrected chi connectivity index (χ4v) is 8.17. The van der Waals surface area contributed by atoms with Gasteiger partial charge in [-0.25, -0.2) is 4.79 Å². The Balaban J connectivity index is 1.30. The SMILES string of the molecule is CN1C(=O)C=C[C@]2(C)C3CC[C@@]4(C)C(CC[C@@H]4NC(=O)Nc4ccc(Cl)c(Cl)c4)C3CC[C@@H]12. The molecule has 0 aromatic heterocycles. The van der Waals surface area contributed by atoms with E-state index in [1.165, 1.54) is 6.42 Å². The van der Waals surface area contributed by atoms with E-state index in [2.05, 4.69) is 30.6 Å². The number of fused-ring (bicyclic) bond motifs is 5. The number of carbonyl (C=O) groups is 2. The first kappa shape index (κ1) is 23.0. The standard InChI is InChI=1S/C26H33Cl2N3O2/c1-25-12-10-18-16(5-9-22-26(18,2)13-11-23(32)31(22)3)17(25)6-8-21(25)30-24(33)29-15-4-7-19(27)20(28)14-15/h4,7,11,13-14,16-18,21-22H,5-6,8-10,12H2,1-3H3,(H2,29,30,33)/t16?,17?,18?,21-,22+,25-,26+/m0/s1. The first-order valence-corrected chi connectivity index (χ1v) is 12.9. The first-order valence-electron chi connectivity index (χ1n) is 12.1. The van der Waals surface area contributed by atoms with Crippen LogP contribution in [0.3, 0.4) is 0 Å². The van der Waals surface area contributed by atoms with Crippen LogP contribution in [0.25, 0.3) is 0 Å². The Morgan fingerprint density at radius 1 is 1.06 bits per heavy atom. The maximum absolute atomic E-state index is 12.8. The summed E-state index contributed by atoms with van der Waals surface area (Å²) < 4.78 is 0. The molecule has 2 N–H and O–H groups in total. The van der Waals surface area contributed by atoms with Gasteiger partial charge in [0.05, 0.1) is 10.0 Å². The van der Waals surface area contributed by atoms with E-state index in [1.54, 1.807) is 24.3 Å². The number of nitrogens with zero attached hydrogens (tertiary/aromatic N) is 1. The molecule has 0 spiro atoms. The Morgan fingerprint density at radius 3 is 2.61 bits per heavy atom. The second kappa shape index (κ2) is 8.20. The summed E-state index contributed by atoms with van der Waals surface area (Å²) in [5, 5.41) is 7.10. The minimum atomic E-state index is -0.187. The summed E-state index contributed by atoms with van der Waals surface area (Å²) in [5.41, 5.74) is 0.780. The molecule has 33 heavy (non-hydrogen) atoms. The lowest BCUT2D eigenvalue weighted by Crippen LogP contribution is -2.60. The lowest BCUT2D eigenvalue weighted by Gasteiger charge is -2.60. The van der Waals surface area contributed by atoms with Crippen LogP contribution in [0.4, 0.5) is 10.5 Å². The third-order valence-corrected chi connectivity index (χ3v) is 10.3. The fraction of sp³-hybridized carbons (Fsp3) is 0.615. The number of nitrogens with one attached hydrogen (secondary N) is 2. The number of carbonyl (C=O) groups excluding carboxylic acids is 2. The van der Waals surface area contributed by atoms with Crippen LogP contribution in [-0.4, -0.2) is 36.0 Å². The number of rotatable bonds is 2. The van der Waals surface area contributed by atoms with Crippen molar-refractivity contribution in [3.05, 3.63) is 40.4 Å².